The van der Waals surface area contributed by atoms with Gasteiger partial charge in [-0.2, -0.15) is 9.78 Å². The van der Waals surface area contributed by atoms with Crippen molar-refractivity contribution in [3.8, 4) is 11.5 Å². The van der Waals surface area contributed by atoms with E-state index in [1.165, 1.54) is 34.4 Å². The third-order valence-electron chi connectivity index (χ3n) is 2.64. The normalized spacial score (nSPS) is 10.8. The zero-order chi connectivity index (χ0) is 13.2. The fraction of sp³-hybridized carbons (Fsp3) is 0.0909. The average molecular weight is 258 g/mol. The summed E-state index contributed by atoms with van der Waals surface area (Å²) in [5.74, 6) is 0.438. The zero-order valence-corrected chi connectivity index (χ0v) is 9.76. The summed E-state index contributed by atoms with van der Waals surface area (Å²) >= 11 is 0. The van der Waals surface area contributed by atoms with Crippen LogP contribution in [0.15, 0.2) is 42.0 Å². The number of nitrogens with one attached hydrogen (secondary N) is 1. The number of hydrogen-bond acceptors (Lipinski definition) is 5. The van der Waals surface area contributed by atoms with E-state index in [1.807, 2.05) is 0 Å². The van der Waals surface area contributed by atoms with E-state index in [-0.39, 0.29) is 12.2 Å². The van der Waals surface area contributed by atoms with Crippen LogP contribution in [0.2, 0.25) is 0 Å². The molecule has 0 spiro atoms. The predicted octanol–water partition coefficient (Wildman–Crippen LogP) is -0.366. The highest BCUT2D eigenvalue weighted by Crippen LogP contribution is 2.04. The third kappa shape index (κ3) is 1.93. The summed E-state index contributed by atoms with van der Waals surface area (Å²) in [5.41, 5.74) is 0.750. The van der Waals surface area contributed by atoms with Crippen LogP contribution in [0.3, 0.4) is 0 Å². The first-order valence-electron chi connectivity index (χ1n) is 5.51. The molecule has 0 saturated heterocycles. The highest BCUT2D eigenvalue weighted by atomic mass is 16.3. The SMILES string of the molecule is O=c1c(-n2cncn2)c[nH]n1-c1ccc(CO)cn1. The van der Waals surface area contributed by atoms with Gasteiger partial charge in [0.25, 0.3) is 5.56 Å². The molecule has 0 aliphatic carbocycles. The molecule has 2 N–H and O–H groups in total. The van der Waals surface area contributed by atoms with E-state index in [4.69, 9.17) is 5.11 Å². The summed E-state index contributed by atoms with van der Waals surface area (Å²) < 4.78 is 2.66. The van der Waals surface area contributed by atoms with Crippen LogP contribution in [-0.2, 0) is 6.61 Å². The monoisotopic (exact) mass is 258 g/mol. The highest BCUT2D eigenvalue weighted by molar-refractivity contribution is 5.30. The molecule has 3 heterocycles. The van der Waals surface area contributed by atoms with E-state index in [0.717, 1.165) is 0 Å². The van der Waals surface area contributed by atoms with Gasteiger partial charge in [0.2, 0.25) is 0 Å². The van der Waals surface area contributed by atoms with Crippen LogP contribution in [0.4, 0.5) is 0 Å². The summed E-state index contributed by atoms with van der Waals surface area (Å²) in [4.78, 5) is 20.1. The van der Waals surface area contributed by atoms with Crippen LogP contribution in [0, 0.1) is 0 Å². The Kier molecular flexibility index (Phi) is 2.69. The lowest BCUT2D eigenvalue weighted by atomic mass is 10.3. The van der Waals surface area contributed by atoms with Gasteiger partial charge in [-0.05, 0) is 11.6 Å². The maximum Gasteiger partial charge on any atom is 0.298 e. The second-order valence-corrected chi connectivity index (χ2v) is 3.82. The number of H-pyrrole nitrogens is 1. The van der Waals surface area contributed by atoms with Gasteiger partial charge in [0.05, 0.1) is 12.8 Å². The lowest BCUT2D eigenvalue weighted by molar-refractivity contribution is 0.281. The number of rotatable bonds is 3. The first-order valence-corrected chi connectivity index (χ1v) is 5.51. The molecule has 96 valence electrons. The molecule has 0 unspecified atom stereocenters. The van der Waals surface area contributed by atoms with Crippen molar-refractivity contribution >= 4 is 0 Å². The van der Waals surface area contributed by atoms with Crippen molar-refractivity contribution < 1.29 is 5.11 Å². The van der Waals surface area contributed by atoms with Gasteiger partial charge in [0.1, 0.15) is 12.7 Å². The number of aromatic nitrogens is 6. The molecule has 3 aromatic heterocycles. The lowest BCUT2D eigenvalue weighted by Crippen LogP contribution is -2.19. The molecular formula is C11H10N6O2. The molecule has 0 atom stereocenters. The quantitative estimate of drug-likeness (QED) is 0.667. The summed E-state index contributed by atoms with van der Waals surface area (Å²) in [6, 6.07) is 3.35. The van der Waals surface area contributed by atoms with Crippen molar-refractivity contribution in [1.82, 2.24) is 29.5 Å². The Bertz CT molecular complexity index is 725. The molecule has 3 rings (SSSR count). The minimum absolute atomic E-state index is 0.0862. The van der Waals surface area contributed by atoms with Crippen molar-refractivity contribution in [2.75, 3.05) is 0 Å². The molecule has 0 fully saturated rings. The van der Waals surface area contributed by atoms with Crippen LogP contribution in [0.25, 0.3) is 11.5 Å². The molecule has 0 amide bonds. The molecule has 8 nitrogen and oxygen atoms in total. The van der Waals surface area contributed by atoms with E-state index >= 15 is 0 Å². The molecular weight excluding hydrogens is 248 g/mol. The average Bonchev–Trinajstić information content (AvgIpc) is 3.08. The summed E-state index contributed by atoms with van der Waals surface area (Å²) in [7, 11) is 0. The number of aliphatic hydroxyl groups is 1. The molecule has 0 aliphatic heterocycles. The Hall–Kier alpha value is -2.74. The smallest absolute Gasteiger partial charge is 0.298 e. The van der Waals surface area contributed by atoms with Crippen molar-refractivity contribution in [3.63, 3.8) is 0 Å². The zero-order valence-electron chi connectivity index (χ0n) is 9.76. The van der Waals surface area contributed by atoms with Gasteiger partial charge >= 0.3 is 0 Å². The van der Waals surface area contributed by atoms with Crippen LogP contribution in [-0.4, -0.2) is 34.6 Å². The molecule has 8 heteroatoms. The second kappa shape index (κ2) is 4.50. The Morgan fingerprint density at radius 3 is 2.89 bits per heavy atom. The minimum Gasteiger partial charge on any atom is -0.392 e. The standard InChI is InChI=1S/C11H10N6O2/c18-5-8-1-2-10(13-3-8)17-11(19)9(4-14-17)16-7-12-6-15-16/h1-4,6-7,14,18H,5H2. The largest absolute Gasteiger partial charge is 0.392 e. The fourth-order valence-electron chi connectivity index (χ4n) is 1.67. The Morgan fingerprint density at radius 2 is 2.26 bits per heavy atom. The first-order chi connectivity index (χ1) is 9.29. The van der Waals surface area contributed by atoms with Crippen LogP contribution in [0.5, 0.6) is 0 Å². The van der Waals surface area contributed by atoms with E-state index in [1.54, 1.807) is 12.1 Å². The van der Waals surface area contributed by atoms with Crippen LogP contribution < -0.4 is 5.56 Å². The summed E-state index contributed by atoms with van der Waals surface area (Å²) in [6.07, 6.45) is 5.83. The van der Waals surface area contributed by atoms with Crippen LogP contribution in [0.1, 0.15) is 5.56 Å². The fourth-order valence-corrected chi connectivity index (χ4v) is 1.67. The van der Waals surface area contributed by atoms with Crippen molar-refractivity contribution in [2.24, 2.45) is 0 Å². The Balaban J connectivity index is 2.04. The van der Waals surface area contributed by atoms with Gasteiger partial charge in [-0.1, -0.05) is 6.07 Å². The number of aliphatic hydroxyl groups excluding tert-OH is 1. The predicted molar refractivity (Wildman–Crippen MR) is 65.0 cm³/mol. The van der Waals surface area contributed by atoms with E-state index in [0.29, 0.717) is 17.1 Å². The number of nitrogens with zero attached hydrogens (tertiary/aromatic N) is 5. The highest BCUT2D eigenvalue weighted by Gasteiger charge is 2.10. The Morgan fingerprint density at radius 1 is 1.37 bits per heavy atom. The summed E-state index contributed by atoms with van der Waals surface area (Å²) in [6.45, 7) is -0.0862. The van der Waals surface area contributed by atoms with Gasteiger partial charge in [0, 0.05) is 6.20 Å². The van der Waals surface area contributed by atoms with E-state index in [9.17, 15) is 4.79 Å². The van der Waals surface area contributed by atoms with Gasteiger partial charge in [-0.25, -0.2) is 14.6 Å². The number of pyridine rings is 1. The maximum atomic E-state index is 12.2. The van der Waals surface area contributed by atoms with Crippen molar-refractivity contribution in [3.05, 3.63) is 53.1 Å². The number of aromatic amines is 1. The second-order valence-electron chi connectivity index (χ2n) is 3.82. The first kappa shape index (κ1) is 11.4. The van der Waals surface area contributed by atoms with Crippen LogP contribution >= 0.6 is 0 Å². The summed E-state index contributed by atoms with van der Waals surface area (Å²) in [5, 5.41) is 15.7. The lowest BCUT2D eigenvalue weighted by Gasteiger charge is -2.01. The van der Waals surface area contributed by atoms with E-state index < -0.39 is 0 Å². The minimum atomic E-state index is -0.283. The third-order valence-corrected chi connectivity index (χ3v) is 2.64. The molecule has 0 radical (unpaired) electrons. The molecule has 19 heavy (non-hydrogen) atoms. The maximum absolute atomic E-state index is 12.2. The molecule has 0 bridgehead atoms. The molecule has 3 aromatic rings. The van der Waals surface area contributed by atoms with Gasteiger partial charge in [-0.3, -0.25) is 9.89 Å². The molecule has 0 aromatic carbocycles. The number of hydrogen-bond donors (Lipinski definition) is 2. The van der Waals surface area contributed by atoms with E-state index in [2.05, 4.69) is 20.2 Å². The topological polar surface area (TPSA) is 102 Å². The van der Waals surface area contributed by atoms with Crippen molar-refractivity contribution in [1.29, 1.82) is 0 Å². The Labute approximate surface area is 107 Å². The van der Waals surface area contributed by atoms with Gasteiger partial charge in [0.15, 0.2) is 11.5 Å². The van der Waals surface area contributed by atoms with Gasteiger partial charge in [-0.15, -0.1) is 0 Å². The van der Waals surface area contributed by atoms with Crippen molar-refractivity contribution in [2.45, 2.75) is 6.61 Å². The van der Waals surface area contributed by atoms with Gasteiger partial charge < -0.3 is 5.11 Å². The molecule has 0 saturated carbocycles. The molecule has 0 aliphatic rings.